The largest absolute Gasteiger partial charge is 0.466 e. The molecule has 190 valence electrons. The van der Waals surface area contributed by atoms with Gasteiger partial charge in [-0.3, -0.25) is 4.90 Å². The quantitative estimate of drug-likeness (QED) is 0.509. The first kappa shape index (κ1) is 26.0. The molecule has 2 aliphatic rings. The number of carbonyl (C=O) groups is 2. The average Bonchev–Trinajstić information content (AvgIpc) is 3.23. The van der Waals surface area contributed by atoms with Crippen molar-refractivity contribution in [2.24, 2.45) is 0 Å². The molecule has 2 atom stereocenters. The van der Waals surface area contributed by atoms with Crippen molar-refractivity contribution in [2.75, 3.05) is 20.2 Å². The van der Waals surface area contributed by atoms with E-state index >= 15 is 0 Å². The second-order valence-corrected chi connectivity index (χ2v) is 10.0. The summed E-state index contributed by atoms with van der Waals surface area (Å²) in [5, 5.41) is 3.74. The fourth-order valence-electron chi connectivity index (χ4n) is 5.18. The number of likely N-dealkylation sites (tertiary alicyclic amines) is 1. The number of hydrogen-bond acceptors (Lipinski definition) is 6. The molecule has 1 fully saturated rings. The molecule has 0 saturated carbocycles. The van der Waals surface area contributed by atoms with Gasteiger partial charge >= 0.3 is 11.9 Å². The van der Waals surface area contributed by atoms with E-state index in [2.05, 4.69) is 22.3 Å². The lowest BCUT2D eigenvalue weighted by atomic mass is 9.79. The minimum atomic E-state index is -0.694. The van der Waals surface area contributed by atoms with Crippen molar-refractivity contribution < 1.29 is 19.1 Å². The van der Waals surface area contributed by atoms with Crippen LogP contribution in [-0.2, 0) is 25.6 Å². The second kappa shape index (κ2) is 10.9. The molecule has 36 heavy (non-hydrogen) atoms. The van der Waals surface area contributed by atoms with Crippen LogP contribution in [0.3, 0.4) is 0 Å². The molecular formula is C29H33ClN2O4. The zero-order valence-electron chi connectivity index (χ0n) is 21.3. The van der Waals surface area contributed by atoms with Gasteiger partial charge in [0.05, 0.1) is 24.2 Å². The number of esters is 2. The van der Waals surface area contributed by atoms with E-state index in [-0.39, 0.29) is 0 Å². The predicted octanol–water partition coefficient (Wildman–Crippen LogP) is 5.35. The minimum absolute atomic E-state index is 0.358. The first-order valence-electron chi connectivity index (χ1n) is 12.3. The number of nitrogens with zero attached hydrogens (tertiary/aromatic N) is 1. The Bertz CT molecular complexity index is 1210. The highest BCUT2D eigenvalue weighted by molar-refractivity contribution is 6.31. The van der Waals surface area contributed by atoms with Crippen LogP contribution in [0.5, 0.6) is 0 Å². The van der Waals surface area contributed by atoms with Gasteiger partial charge < -0.3 is 14.8 Å². The zero-order chi connectivity index (χ0) is 25.9. The minimum Gasteiger partial charge on any atom is -0.466 e. The fraction of sp³-hybridized carbons (Fsp3) is 0.379. The maximum atomic E-state index is 13.9. The Balaban J connectivity index is 1.65. The molecule has 0 spiro atoms. The highest BCUT2D eigenvalue weighted by Gasteiger charge is 2.43. The monoisotopic (exact) mass is 508 g/mol. The maximum absolute atomic E-state index is 13.9. The van der Waals surface area contributed by atoms with Crippen LogP contribution >= 0.6 is 11.6 Å². The molecule has 0 amide bonds. The SMILES string of the molecule is CCC1=C(C(=O)O[C@@]2(C)CCN(Cc3ccccc3)C2)[C@@H](c2ccccc2Cl)C(C(=O)OC)=C(C)N1. The van der Waals surface area contributed by atoms with Crippen LogP contribution in [0.15, 0.2) is 77.1 Å². The Kier molecular flexibility index (Phi) is 7.86. The summed E-state index contributed by atoms with van der Waals surface area (Å²) in [5.74, 6) is -1.64. The normalized spacial score (nSPS) is 22.4. The van der Waals surface area contributed by atoms with Crippen LogP contribution in [0.4, 0.5) is 0 Å². The Morgan fingerprint density at radius 1 is 1.08 bits per heavy atom. The molecule has 0 bridgehead atoms. The fourth-order valence-corrected chi connectivity index (χ4v) is 5.43. The standard InChI is InChI=1S/C29H33ClN2O4/c1-5-23-26(25(21-13-9-10-14-22(21)30)24(19(2)31-23)27(33)35-4)28(34)36-29(3)15-16-32(18-29)17-20-11-7-6-8-12-20/h6-14,25,31H,5,15-18H2,1-4H3/t25-,29-/m0/s1. The summed E-state index contributed by atoms with van der Waals surface area (Å²) in [4.78, 5) is 29.1. The van der Waals surface area contributed by atoms with Gasteiger partial charge in [-0.2, -0.15) is 0 Å². The molecule has 1 saturated heterocycles. The number of halogens is 1. The molecule has 0 aliphatic carbocycles. The lowest BCUT2D eigenvalue weighted by Crippen LogP contribution is -2.39. The summed E-state index contributed by atoms with van der Waals surface area (Å²) in [7, 11) is 1.34. The number of methoxy groups -OCH3 is 1. The molecule has 0 radical (unpaired) electrons. The van der Waals surface area contributed by atoms with Gasteiger partial charge in [0.1, 0.15) is 5.60 Å². The summed E-state index contributed by atoms with van der Waals surface area (Å²) < 4.78 is 11.3. The number of ether oxygens (including phenoxy) is 2. The molecule has 2 aromatic carbocycles. The van der Waals surface area contributed by atoms with Crippen molar-refractivity contribution in [3.8, 4) is 0 Å². The summed E-state index contributed by atoms with van der Waals surface area (Å²) in [5.41, 5.74) is 3.36. The summed E-state index contributed by atoms with van der Waals surface area (Å²) in [6, 6.07) is 17.5. The third-order valence-corrected chi connectivity index (χ3v) is 7.29. The average molecular weight is 509 g/mol. The molecule has 6 nitrogen and oxygen atoms in total. The highest BCUT2D eigenvalue weighted by atomic mass is 35.5. The van der Waals surface area contributed by atoms with E-state index in [9.17, 15) is 9.59 Å². The summed E-state index contributed by atoms with van der Waals surface area (Å²) >= 11 is 6.60. The Labute approximate surface area is 217 Å². The van der Waals surface area contributed by atoms with E-state index in [1.165, 1.54) is 12.7 Å². The molecule has 0 aromatic heterocycles. The third kappa shape index (κ3) is 5.35. The maximum Gasteiger partial charge on any atom is 0.337 e. The van der Waals surface area contributed by atoms with Crippen molar-refractivity contribution in [2.45, 2.75) is 51.7 Å². The molecule has 2 heterocycles. The lowest BCUT2D eigenvalue weighted by molar-refractivity contribution is -0.152. The van der Waals surface area contributed by atoms with Crippen molar-refractivity contribution >= 4 is 23.5 Å². The van der Waals surface area contributed by atoms with Gasteiger partial charge in [-0.05, 0) is 37.5 Å². The van der Waals surface area contributed by atoms with E-state index in [1.807, 2.05) is 57.2 Å². The van der Waals surface area contributed by atoms with Gasteiger partial charge in [0.15, 0.2) is 0 Å². The van der Waals surface area contributed by atoms with Crippen molar-refractivity contribution in [3.05, 3.63) is 93.3 Å². The number of nitrogens with one attached hydrogen (secondary N) is 1. The van der Waals surface area contributed by atoms with Crippen LogP contribution in [0.25, 0.3) is 0 Å². The smallest absolute Gasteiger partial charge is 0.337 e. The van der Waals surface area contributed by atoms with Crippen LogP contribution < -0.4 is 5.32 Å². The van der Waals surface area contributed by atoms with Crippen molar-refractivity contribution in [3.63, 3.8) is 0 Å². The lowest BCUT2D eigenvalue weighted by Gasteiger charge is -2.33. The summed E-state index contributed by atoms with van der Waals surface area (Å²) in [6.07, 6.45) is 1.29. The molecular weight excluding hydrogens is 476 g/mol. The van der Waals surface area contributed by atoms with E-state index in [0.717, 1.165) is 25.2 Å². The van der Waals surface area contributed by atoms with Crippen LogP contribution in [0, 0.1) is 0 Å². The molecule has 4 rings (SSSR count). The number of benzene rings is 2. The topological polar surface area (TPSA) is 67.9 Å². The Morgan fingerprint density at radius 2 is 1.78 bits per heavy atom. The molecule has 2 aliphatic heterocycles. The molecule has 2 aromatic rings. The zero-order valence-corrected chi connectivity index (χ0v) is 22.0. The Morgan fingerprint density at radius 3 is 2.44 bits per heavy atom. The van der Waals surface area contributed by atoms with Crippen LogP contribution in [-0.4, -0.2) is 42.6 Å². The molecule has 0 unspecified atom stereocenters. The van der Waals surface area contributed by atoms with Gasteiger partial charge in [0.2, 0.25) is 0 Å². The summed E-state index contributed by atoms with van der Waals surface area (Å²) in [6.45, 7) is 8.02. The van der Waals surface area contributed by atoms with Crippen molar-refractivity contribution in [1.29, 1.82) is 0 Å². The van der Waals surface area contributed by atoms with E-state index in [0.29, 0.717) is 40.4 Å². The van der Waals surface area contributed by atoms with E-state index in [4.69, 9.17) is 21.1 Å². The van der Waals surface area contributed by atoms with Gasteiger partial charge in [-0.1, -0.05) is 67.1 Å². The number of allylic oxidation sites excluding steroid dienone is 2. The first-order valence-corrected chi connectivity index (χ1v) is 12.7. The van der Waals surface area contributed by atoms with E-state index in [1.54, 1.807) is 6.07 Å². The Hall–Kier alpha value is -3.09. The van der Waals surface area contributed by atoms with Crippen LogP contribution in [0.2, 0.25) is 5.02 Å². The van der Waals surface area contributed by atoms with E-state index < -0.39 is 23.5 Å². The molecule has 7 heteroatoms. The van der Waals surface area contributed by atoms with Gasteiger partial charge in [0, 0.05) is 42.5 Å². The van der Waals surface area contributed by atoms with Crippen LogP contribution in [0.1, 0.15) is 50.7 Å². The number of carbonyl (C=O) groups excluding carboxylic acids is 2. The van der Waals surface area contributed by atoms with Crippen molar-refractivity contribution in [1.82, 2.24) is 10.2 Å². The number of rotatable bonds is 7. The third-order valence-electron chi connectivity index (χ3n) is 6.94. The second-order valence-electron chi connectivity index (χ2n) is 9.64. The first-order chi connectivity index (χ1) is 17.3. The molecule has 1 N–H and O–H groups in total. The van der Waals surface area contributed by atoms with Gasteiger partial charge in [-0.15, -0.1) is 0 Å². The highest BCUT2D eigenvalue weighted by Crippen LogP contribution is 2.43. The number of hydrogen-bond donors (Lipinski definition) is 1. The predicted molar refractivity (Wildman–Crippen MR) is 140 cm³/mol. The van der Waals surface area contributed by atoms with Gasteiger partial charge in [0.25, 0.3) is 0 Å². The van der Waals surface area contributed by atoms with Gasteiger partial charge in [-0.25, -0.2) is 9.59 Å². The number of dihydropyridines is 1.